The maximum Gasteiger partial charge on any atom is 0.188 e. The van der Waals surface area contributed by atoms with E-state index in [4.69, 9.17) is 21.1 Å². The second-order valence-electron chi connectivity index (χ2n) is 4.82. The lowest BCUT2D eigenvalue weighted by Gasteiger charge is -2.07. The minimum absolute atomic E-state index is 0.0378. The summed E-state index contributed by atoms with van der Waals surface area (Å²) in [4.78, 5) is 11.9. The van der Waals surface area contributed by atoms with Crippen LogP contribution in [-0.2, 0) is 11.3 Å². The van der Waals surface area contributed by atoms with Gasteiger partial charge in [-0.1, -0.05) is 30.3 Å². The average molecular weight is 319 g/mol. The summed E-state index contributed by atoms with van der Waals surface area (Å²) in [5.74, 6) is 1.24. The number of halogens is 1. The first-order valence-corrected chi connectivity index (χ1v) is 7.77. The Balaban J connectivity index is 1.81. The number of Topliss-reactive ketones (excluding diaryl/α,β-unsaturated/α-hetero) is 1. The molecular formula is C18H19ClO3. The normalized spacial score (nSPS) is 10.4. The zero-order chi connectivity index (χ0) is 15.6. The van der Waals surface area contributed by atoms with E-state index in [0.29, 0.717) is 24.7 Å². The third kappa shape index (κ3) is 5.51. The second-order valence-corrected chi connectivity index (χ2v) is 5.19. The average Bonchev–Trinajstić information content (AvgIpc) is 2.58. The molecular weight excluding hydrogens is 300 g/mol. The Hall–Kier alpha value is -1.84. The highest BCUT2D eigenvalue weighted by atomic mass is 35.5. The predicted octanol–water partition coefficient (Wildman–Crippen LogP) is 4.09. The van der Waals surface area contributed by atoms with Gasteiger partial charge in [0.05, 0.1) is 0 Å². The topological polar surface area (TPSA) is 35.5 Å². The molecule has 0 aromatic heterocycles. The van der Waals surface area contributed by atoms with E-state index in [9.17, 15) is 4.79 Å². The minimum atomic E-state index is -0.0378. The summed E-state index contributed by atoms with van der Waals surface area (Å²) in [7, 11) is 0. The van der Waals surface area contributed by atoms with Crippen molar-refractivity contribution >= 4 is 17.4 Å². The SMILES string of the molecule is O=C(COCCCCl)c1ccc(OCc2ccccc2)cc1. The van der Waals surface area contributed by atoms with Gasteiger partial charge in [0, 0.05) is 18.1 Å². The van der Waals surface area contributed by atoms with Crippen LogP contribution in [0.3, 0.4) is 0 Å². The largest absolute Gasteiger partial charge is 0.489 e. The summed E-state index contributed by atoms with van der Waals surface area (Å²) < 4.78 is 10.9. The van der Waals surface area contributed by atoms with E-state index in [1.165, 1.54) is 0 Å². The summed E-state index contributed by atoms with van der Waals surface area (Å²) in [6.07, 6.45) is 0.751. The number of ketones is 1. The van der Waals surface area contributed by atoms with Crippen molar-refractivity contribution in [3.8, 4) is 5.75 Å². The van der Waals surface area contributed by atoms with Crippen LogP contribution < -0.4 is 4.74 Å². The summed E-state index contributed by atoms with van der Waals surface area (Å²) >= 11 is 5.55. The lowest BCUT2D eigenvalue weighted by molar-refractivity contribution is 0.0762. The van der Waals surface area contributed by atoms with Gasteiger partial charge in [0.1, 0.15) is 19.0 Å². The van der Waals surface area contributed by atoms with Crippen LogP contribution in [0.2, 0.25) is 0 Å². The lowest BCUT2D eigenvalue weighted by Crippen LogP contribution is -2.10. The minimum Gasteiger partial charge on any atom is -0.489 e. The second kappa shape index (κ2) is 9.23. The molecule has 0 unspecified atom stereocenters. The molecule has 0 fully saturated rings. The molecule has 3 nitrogen and oxygen atoms in total. The van der Waals surface area contributed by atoms with Crippen molar-refractivity contribution in [2.24, 2.45) is 0 Å². The number of hydrogen-bond donors (Lipinski definition) is 0. The molecule has 0 N–H and O–H groups in total. The first-order valence-electron chi connectivity index (χ1n) is 7.23. The molecule has 2 aromatic carbocycles. The fourth-order valence-corrected chi connectivity index (χ4v) is 1.99. The zero-order valence-corrected chi connectivity index (χ0v) is 13.1. The molecule has 2 rings (SSSR count). The molecule has 0 aliphatic rings. The van der Waals surface area contributed by atoms with Gasteiger partial charge in [-0.2, -0.15) is 0 Å². The van der Waals surface area contributed by atoms with Gasteiger partial charge in [0.15, 0.2) is 5.78 Å². The molecule has 0 saturated carbocycles. The van der Waals surface area contributed by atoms with Gasteiger partial charge in [-0.25, -0.2) is 0 Å². The van der Waals surface area contributed by atoms with Crippen molar-refractivity contribution in [3.05, 3.63) is 65.7 Å². The predicted molar refractivity (Wildman–Crippen MR) is 87.7 cm³/mol. The van der Waals surface area contributed by atoms with Crippen LogP contribution in [0.25, 0.3) is 0 Å². The van der Waals surface area contributed by atoms with Crippen LogP contribution in [0, 0.1) is 0 Å². The van der Waals surface area contributed by atoms with E-state index in [1.54, 1.807) is 24.3 Å². The Bertz CT molecular complexity index is 567. The zero-order valence-electron chi connectivity index (χ0n) is 12.3. The Morgan fingerprint density at radius 1 is 1.00 bits per heavy atom. The fourth-order valence-electron chi connectivity index (χ4n) is 1.88. The van der Waals surface area contributed by atoms with Gasteiger partial charge in [-0.3, -0.25) is 4.79 Å². The Kier molecular flexibility index (Phi) is 6.94. The molecule has 0 radical (unpaired) electrons. The molecule has 22 heavy (non-hydrogen) atoms. The van der Waals surface area contributed by atoms with Gasteiger partial charge in [0.2, 0.25) is 0 Å². The van der Waals surface area contributed by atoms with Crippen LogP contribution in [0.1, 0.15) is 22.3 Å². The van der Waals surface area contributed by atoms with Crippen LogP contribution >= 0.6 is 11.6 Å². The molecule has 2 aromatic rings. The third-order valence-corrected chi connectivity index (χ3v) is 3.35. The molecule has 0 aliphatic carbocycles. The van der Waals surface area contributed by atoms with Gasteiger partial charge >= 0.3 is 0 Å². The van der Waals surface area contributed by atoms with E-state index in [2.05, 4.69) is 0 Å². The van der Waals surface area contributed by atoms with Crippen LogP contribution in [0.5, 0.6) is 5.75 Å². The Morgan fingerprint density at radius 3 is 2.41 bits per heavy atom. The molecule has 0 aliphatic heterocycles. The molecule has 0 atom stereocenters. The van der Waals surface area contributed by atoms with E-state index in [1.807, 2.05) is 30.3 Å². The summed E-state index contributed by atoms with van der Waals surface area (Å²) in [6, 6.07) is 17.1. The number of carbonyl (C=O) groups is 1. The van der Waals surface area contributed by atoms with Crippen molar-refractivity contribution < 1.29 is 14.3 Å². The van der Waals surface area contributed by atoms with Gasteiger partial charge < -0.3 is 9.47 Å². The number of carbonyl (C=O) groups excluding carboxylic acids is 1. The van der Waals surface area contributed by atoms with Gasteiger partial charge in [-0.05, 0) is 36.2 Å². The summed E-state index contributed by atoms with van der Waals surface area (Å²) in [5, 5.41) is 0. The first-order chi connectivity index (χ1) is 10.8. The van der Waals surface area contributed by atoms with Gasteiger partial charge in [-0.15, -0.1) is 11.6 Å². The maximum absolute atomic E-state index is 11.9. The van der Waals surface area contributed by atoms with Crippen molar-refractivity contribution in [2.75, 3.05) is 19.1 Å². The summed E-state index contributed by atoms with van der Waals surface area (Å²) in [6.45, 7) is 1.10. The number of hydrogen-bond acceptors (Lipinski definition) is 3. The van der Waals surface area contributed by atoms with Crippen LogP contribution in [-0.4, -0.2) is 24.9 Å². The van der Waals surface area contributed by atoms with Crippen molar-refractivity contribution in [1.82, 2.24) is 0 Å². The highest BCUT2D eigenvalue weighted by Crippen LogP contribution is 2.14. The highest BCUT2D eigenvalue weighted by molar-refractivity contribution is 6.17. The smallest absolute Gasteiger partial charge is 0.188 e. The Morgan fingerprint density at radius 2 is 1.73 bits per heavy atom. The molecule has 0 saturated heterocycles. The van der Waals surface area contributed by atoms with Crippen LogP contribution in [0.4, 0.5) is 0 Å². The Labute approximate surface area is 135 Å². The van der Waals surface area contributed by atoms with Crippen molar-refractivity contribution in [3.63, 3.8) is 0 Å². The third-order valence-electron chi connectivity index (χ3n) is 3.08. The van der Waals surface area contributed by atoms with Gasteiger partial charge in [0.25, 0.3) is 0 Å². The molecule has 0 amide bonds. The number of benzene rings is 2. The van der Waals surface area contributed by atoms with E-state index in [0.717, 1.165) is 17.7 Å². The van der Waals surface area contributed by atoms with Crippen molar-refractivity contribution in [1.29, 1.82) is 0 Å². The van der Waals surface area contributed by atoms with E-state index >= 15 is 0 Å². The molecule has 0 spiro atoms. The summed E-state index contributed by atoms with van der Waals surface area (Å²) in [5.41, 5.74) is 1.73. The maximum atomic E-state index is 11.9. The fraction of sp³-hybridized carbons (Fsp3) is 0.278. The van der Waals surface area contributed by atoms with E-state index in [-0.39, 0.29) is 12.4 Å². The van der Waals surface area contributed by atoms with Crippen LogP contribution in [0.15, 0.2) is 54.6 Å². The molecule has 4 heteroatoms. The number of ether oxygens (including phenoxy) is 2. The standard InChI is InChI=1S/C18H19ClO3/c19-11-4-12-21-14-18(20)16-7-9-17(10-8-16)22-13-15-5-2-1-3-6-15/h1-3,5-10H,4,11-14H2. The first kappa shape index (κ1) is 16.5. The molecule has 116 valence electrons. The molecule has 0 bridgehead atoms. The van der Waals surface area contributed by atoms with Crippen molar-refractivity contribution in [2.45, 2.75) is 13.0 Å². The highest BCUT2D eigenvalue weighted by Gasteiger charge is 2.06. The van der Waals surface area contributed by atoms with E-state index < -0.39 is 0 Å². The number of rotatable bonds is 9. The monoisotopic (exact) mass is 318 g/mol. The quantitative estimate of drug-likeness (QED) is 0.397. The lowest BCUT2D eigenvalue weighted by atomic mass is 10.1. The number of alkyl halides is 1. The molecule has 0 heterocycles.